The van der Waals surface area contributed by atoms with Crippen LogP contribution in [0.15, 0.2) is 63.4 Å². The molecule has 0 saturated heterocycles. The van der Waals surface area contributed by atoms with Gasteiger partial charge >= 0.3 is 0 Å². The first-order valence-corrected chi connectivity index (χ1v) is 7.26. The number of carbonyl (C=O) groups is 1. The number of aryl methyl sites for hydroxylation is 1. The number of carbonyl (C=O) groups excluding carboxylic acids is 1. The molecule has 4 heteroatoms. The lowest BCUT2D eigenvalue weighted by Gasteiger charge is -1.95. The third kappa shape index (κ3) is 2.44. The first-order chi connectivity index (χ1) is 11.2. The smallest absolute Gasteiger partial charge is 0.227 e. The normalized spacial score (nSPS) is 11.0. The maximum atomic E-state index is 10.7. The van der Waals surface area contributed by atoms with E-state index in [1.54, 1.807) is 12.1 Å². The highest BCUT2D eigenvalue weighted by atomic mass is 16.4. The molecule has 0 saturated carbocycles. The van der Waals surface area contributed by atoms with Gasteiger partial charge in [-0.15, -0.1) is 0 Å². The minimum Gasteiger partial charge on any atom is -0.453 e. The second kappa shape index (κ2) is 5.25. The van der Waals surface area contributed by atoms with Crippen molar-refractivity contribution in [2.75, 3.05) is 0 Å². The molecule has 0 unspecified atom stereocenters. The Hall–Kier alpha value is -3.14. The topological polar surface area (TPSA) is 56.2 Å². The van der Waals surface area contributed by atoms with E-state index in [0.29, 0.717) is 29.3 Å². The Labute approximate surface area is 132 Å². The molecule has 0 fully saturated rings. The highest BCUT2D eigenvalue weighted by Crippen LogP contribution is 2.29. The number of nitrogens with zero attached hydrogens (tertiary/aromatic N) is 1. The van der Waals surface area contributed by atoms with Crippen LogP contribution in [-0.4, -0.2) is 11.3 Å². The van der Waals surface area contributed by atoms with Gasteiger partial charge in [-0.3, -0.25) is 4.79 Å². The van der Waals surface area contributed by atoms with Gasteiger partial charge in [-0.1, -0.05) is 17.7 Å². The first kappa shape index (κ1) is 13.5. The fourth-order valence-corrected chi connectivity index (χ4v) is 2.47. The molecule has 0 amide bonds. The zero-order valence-corrected chi connectivity index (χ0v) is 12.4. The number of oxazole rings is 1. The fourth-order valence-electron chi connectivity index (χ4n) is 2.47. The molecule has 0 aliphatic heterocycles. The summed E-state index contributed by atoms with van der Waals surface area (Å²) in [5.41, 5.74) is 4.45. The maximum absolute atomic E-state index is 10.7. The van der Waals surface area contributed by atoms with Gasteiger partial charge in [-0.05, 0) is 49.4 Å². The van der Waals surface area contributed by atoms with E-state index < -0.39 is 0 Å². The Morgan fingerprint density at radius 3 is 2.43 bits per heavy atom. The van der Waals surface area contributed by atoms with Crippen LogP contribution in [0.5, 0.6) is 0 Å². The van der Waals surface area contributed by atoms with E-state index in [9.17, 15) is 4.79 Å². The molecule has 0 aliphatic rings. The van der Waals surface area contributed by atoms with Gasteiger partial charge in [0.2, 0.25) is 5.89 Å². The summed E-state index contributed by atoms with van der Waals surface area (Å²) < 4.78 is 11.3. The largest absolute Gasteiger partial charge is 0.453 e. The first-order valence-electron chi connectivity index (χ1n) is 7.26. The van der Waals surface area contributed by atoms with E-state index in [1.165, 1.54) is 5.56 Å². The van der Waals surface area contributed by atoms with Crippen LogP contribution in [0, 0.1) is 6.92 Å². The summed E-state index contributed by atoms with van der Waals surface area (Å²) >= 11 is 0. The molecule has 0 atom stereocenters. The third-order valence-corrected chi connectivity index (χ3v) is 3.71. The Bertz CT molecular complexity index is 993. The number of hydrogen-bond acceptors (Lipinski definition) is 4. The molecule has 0 N–H and O–H groups in total. The second-order valence-electron chi connectivity index (χ2n) is 5.39. The van der Waals surface area contributed by atoms with E-state index in [2.05, 4.69) is 4.98 Å². The van der Waals surface area contributed by atoms with Gasteiger partial charge in [0.25, 0.3) is 0 Å². The van der Waals surface area contributed by atoms with E-state index in [1.807, 2.05) is 49.4 Å². The van der Waals surface area contributed by atoms with Crippen LogP contribution < -0.4 is 0 Å². The summed E-state index contributed by atoms with van der Waals surface area (Å²) in [7, 11) is 0. The number of benzene rings is 2. The van der Waals surface area contributed by atoms with Crippen molar-refractivity contribution in [2.24, 2.45) is 0 Å². The van der Waals surface area contributed by atoms with Crippen molar-refractivity contribution in [3.8, 4) is 22.8 Å². The molecule has 2 aromatic heterocycles. The maximum Gasteiger partial charge on any atom is 0.227 e. The van der Waals surface area contributed by atoms with Crippen LogP contribution in [0.4, 0.5) is 0 Å². The lowest BCUT2D eigenvalue weighted by molar-refractivity contribution is 0.110. The number of hydrogen-bond donors (Lipinski definition) is 0. The van der Waals surface area contributed by atoms with Gasteiger partial charge in [-0.2, -0.15) is 0 Å². The standard InChI is InChI=1S/C19H13NO3/c1-12-2-4-13(5-3-12)19-20-16-10-14(6-8-18(16)23-19)17-9-7-15(11-21)22-17/h2-11H,1H3. The van der Waals surface area contributed by atoms with Crippen molar-refractivity contribution < 1.29 is 13.6 Å². The molecule has 2 aromatic carbocycles. The van der Waals surface area contributed by atoms with E-state index in [-0.39, 0.29) is 0 Å². The predicted octanol–water partition coefficient (Wildman–Crippen LogP) is 4.88. The van der Waals surface area contributed by atoms with Crippen molar-refractivity contribution in [3.63, 3.8) is 0 Å². The quantitative estimate of drug-likeness (QED) is 0.506. The molecule has 0 bridgehead atoms. The van der Waals surface area contributed by atoms with Crippen molar-refractivity contribution in [2.45, 2.75) is 6.92 Å². The van der Waals surface area contributed by atoms with E-state index in [4.69, 9.17) is 8.83 Å². The van der Waals surface area contributed by atoms with Crippen molar-refractivity contribution in [1.82, 2.24) is 4.98 Å². The van der Waals surface area contributed by atoms with Crippen LogP contribution >= 0.6 is 0 Å². The molecule has 4 rings (SSSR count). The van der Waals surface area contributed by atoms with Gasteiger partial charge in [0.15, 0.2) is 17.6 Å². The predicted molar refractivity (Wildman–Crippen MR) is 87.3 cm³/mol. The van der Waals surface area contributed by atoms with Crippen LogP contribution in [0.1, 0.15) is 16.1 Å². The van der Waals surface area contributed by atoms with E-state index >= 15 is 0 Å². The minimum atomic E-state index is 0.306. The van der Waals surface area contributed by atoms with Gasteiger partial charge in [0.05, 0.1) is 0 Å². The van der Waals surface area contributed by atoms with Crippen LogP contribution in [0.3, 0.4) is 0 Å². The number of rotatable bonds is 3. The summed E-state index contributed by atoms with van der Waals surface area (Å²) in [4.78, 5) is 15.3. The average molecular weight is 303 g/mol. The Kier molecular flexibility index (Phi) is 3.08. The summed E-state index contributed by atoms with van der Waals surface area (Å²) in [6.07, 6.45) is 0.688. The van der Waals surface area contributed by atoms with Gasteiger partial charge in [-0.25, -0.2) is 4.98 Å². The Morgan fingerprint density at radius 2 is 1.70 bits per heavy atom. The molecule has 4 nitrogen and oxygen atoms in total. The van der Waals surface area contributed by atoms with Crippen LogP contribution in [-0.2, 0) is 0 Å². The van der Waals surface area contributed by atoms with Crippen molar-refractivity contribution >= 4 is 17.4 Å². The molecule has 4 aromatic rings. The third-order valence-electron chi connectivity index (χ3n) is 3.71. The SMILES string of the molecule is Cc1ccc(-c2nc3cc(-c4ccc(C=O)o4)ccc3o2)cc1. The minimum absolute atomic E-state index is 0.306. The number of aldehydes is 1. The summed E-state index contributed by atoms with van der Waals surface area (Å²) in [5.74, 6) is 1.53. The molecule has 0 radical (unpaired) electrons. The summed E-state index contributed by atoms with van der Waals surface area (Å²) in [6.45, 7) is 2.04. The van der Waals surface area contributed by atoms with Gasteiger partial charge in [0, 0.05) is 11.1 Å². The fraction of sp³-hybridized carbons (Fsp3) is 0.0526. The van der Waals surface area contributed by atoms with E-state index in [0.717, 1.165) is 16.6 Å². The molecule has 112 valence electrons. The average Bonchev–Trinajstić information content (AvgIpc) is 3.21. The zero-order valence-electron chi connectivity index (χ0n) is 12.4. The zero-order chi connectivity index (χ0) is 15.8. The van der Waals surface area contributed by atoms with Gasteiger partial charge < -0.3 is 8.83 Å². The van der Waals surface area contributed by atoms with Crippen LogP contribution in [0.2, 0.25) is 0 Å². The number of aromatic nitrogens is 1. The summed E-state index contributed by atoms with van der Waals surface area (Å²) in [5, 5.41) is 0. The lowest BCUT2D eigenvalue weighted by Crippen LogP contribution is -1.78. The van der Waals surface area contributed by atoms with Crippen LogP contribution in [0.25, 0.3) is 33.9 Å². The highest BCUT2D eigenvalue weighted by molar-refractivity contribution is 5.82. The number of fused-ring (bicyclic) bond motifs is 1. The summed E-state index contributed by atoms with van der Waals surface area (Å²) in [6, 6.07) is 17.1. The molecular weight excluding hydrogens is 290 g/mol. The second-order valence-corrected chi connectivity index (χ2v) is 5.39. The number of furan rings is 1. The Morgan fingerprint density at radius 1 is 0.913 bits per heavy atom. The Balaban J connectivity index is 1.77. The molecule has 0 spiro atoms. The molecule has 2 heterocycles. The van der Waals surface area contributed by atoms with Crippen molar-refractivity contribution in [3.05, 3.63) is 65.9 Å². The van der Waals surface area contributed by atoms with Crippen molar-refractivity contribution in [1.29, 1.82) is 0 Å². The molecule has 0 aliphatic carbocycles. The molecular formula is C19H13NO3. The highest BCUT2D eigenvalue weighted by Gasteiger charge is 2.11. The van der Waals surface area contributed by atoms with Gasteiger partial charge in [0.1, 0.15) is 11.3 Å². The lowest BCUT2D eigenvalue weighted by atomic mass is 10.1. The monoisotopic (exact) mass is 303 g/mol. The molecule has 23 heavy (non-hydrogen) atoms.